The van der Waals surface area contributed by atoms with E-state index in [1.54, 1.807) is 6.92 Å². The van der Waals surface area contributed by atoms with E-state index < -0.39 is 0 Å². The Bertz CT molecular complexity index is 317. The van der Waals surface area contributed by atoms with Crippen molar-refractivity contribution in [2.45, 2.75) is 52.4 Å². The van der Waals surface area contributed by atoms with Crippen LogP contribution in [0.25, 0.3) is 0 Å². The van der Waals surface area contributed by atoms with Crippen LogP contribution in [-0.2, 0) is 19.1 Å². The van der Waals surface area contributed by atoms with Crippen molar-refractivity contribution >= 4 is 11.9 Å². The van der Waals surface area contributed by atoms with Gasteiger partial charge in [-0.1, -0.05) is 0 Å². The molecule has 0 bridgehead atoms. The lowest BCUT2D eigenvalue weighted by Gasteiger charge is -2.06. The molecule has 0 unspecified atom stereocenters. The second kappa shape index (κ2) is 7.09. The van der Waals surface area contributed by atoms with Crippen molar-refractivity contribution in [3.8, 4) is 0 Å². The maximum Gasteiger partial charge on any atom is 0.307 e. The average molecular weight is 240 g/mol. The first kappa shape index (κ1) is 13.7. The van der Waals surface area contributed by atoms with Gasteiger partial charge in [0, 0.05) is 19.8 Å². The summed E-state index contributed by atoms with van der Waals surface area (Å²) in [6.45, 7) is 3.65. The highest BCUT2D eigenvalue weighted by Crippen LogP contribution is 2.30. The van der Waals surface area contributed by atoms with E-state index in [0.29, 0.717) is 13.0 Å². The number of hydrogen-bond donors (Lipinski definition) is 0. The fourth-order valence-corrected chi connectivity index (χ4v) is 2.02. The predicted molar refractivity (Wildman–Crippen MR) is 63.1 cm³/mol. The maximum absolute atomic E-state index is 11.2. The zero-order valence-electron chi connectivity index (χ0n) is 10.6. The monoisotopic (exact) mass is 240 g/mol. The van der Waals surface area contributed by atoms with E-state index in [0.717, 1.165) is 37.9 Å². The van der Waals surface area contributed by atoms with Gasteiger partial charge in [-0.25, -0.2) is 0 Å². The van der Waals surface area contributed by atoms with Crippen LogP contribution in [0.15, 0.2) is 11.3 Å². The van der Waals surface area contributed by atoms with E-state index in [9.17, 15) is 9.59 Å². The number of esters is 2. The third-order valence-corrected chi connectivity index (χ3v) is 2.71. The Hall–Kier alpha value is -1.32. The summed E-state index contributed by atoms with van der Waals surface area (Å²) in [7, 11) is 0. The number of hydrogen-bond acceptors (Lipinski definition) is 4. The van der Waals surface area contributed by atoms with Crippen LogP contribution < -0.4 is 0 Å². The third-order valence-electron chi connectivity index (χ3n) is 2.71. The predicted octanol–water partition coefficient (Wildman–Crippen LogP) is 2.72. The first-order valence-corrected chi connectivity index (χ1v) is 6.18. The maximum atomic E-state index is 11.2. The van der Waals surface area contributed by atoms with Crippen molar-refractivity contribution in [1.29, 1.82) is 0 Å². The smallest absolute Gasteiger partial charge is 0.307 e. The van der Waals surface area contributed by atoms with Gasteiger partial charge in [0.15, 0.2) is 0 Å². The Kier molecular flexibility index (Phi) is 5.73. The van der Waals surface area contributed by atoms with E-state index in [1.807, 2.05) is 0 Å². The van der Waals surface area contributed by atoms with Crippen LogP contribution in [0.4, 0.5) is 0 Å². The molecule has 0 aromatic carbocycles. The van der Waals surface area contributed by atoms with Crippen LogP contribution in [0.3, 0.4) is 0 Å². The largest absolute Gasteiger partial charge is 0.466 e. The summed E-state index contributed by atoms with van der Waals surface area (Å²) in [5.41, 5.74) is 1.18. The van der Waals surface area contributed by atoms with Gasteiger partial charge in [-0.15, -0.1) is 0 Å². The Labute approximate surface area is 102 Å². The van der Waals surface area contributed by atoms with Crippen molar-refractivity contribution < 1.29 is 19.1 Å². The van der Waals surface area contributed by atoms with Crippen molar-refractivity contribution in [1.82, 2.24) is 0 Å². The normalized spacial score (nSPS) is 14.9. The second-order valence-electron chi connectivity index (χ2n) is 4.13. The van der Waals surface area contributed by atoms with Gasteiger partial charge in [-0.2, -0.15) is 0 Å². The standard InChI is InChI=1S/C13H20O4/c1-3-16-13(15)9-5-7-11-6-4-8-12(11)17-10(2)14/h3-9H2,1-2H3. The van der Waals surface area contributed by atoms with E-state index in [2.05, 4.69) is 0 Å². The fraction of sp³-hybridized carbons (Fsp3) is 0.692. The number of rotatable bonds is 6. The molecule has 0 saturated heterocycles. The molecule has 0 heterocycles. The molecule has 0 amide bonds. The van der Waals surface area contributed by atoms with Crippen LogP contribution in [0.5, 0.6) is 0 Å². The average Bonchev–Trinajstić information content (AvgIpc) is 2.65. The molecule has 1 aliphatic carbocycles. The minimum atomic E-state index is -0.259. The van der Waals surface area contributed by atoms with Crippen LogP contribution in [0, 0.1) is 0 Å². The quantitative estimate of drug-likeness (QED) is 0.670. The molecule has 0 atom stereocenters. The van der Waals surface area contributed by atoms with Crippen LogP contribution in [0.2, 0.25) is 0 Å². The Balaban J connectivity index is 2.34. The van der Waals surface area contributed by atoms with Gasteiger partial charge in [-0.3, -0.25) is 9.59 Å². The fourth-order valence-electron chi connectivity index (χ4n) is 2.02. The summed E-state index contributed by atoms with van der Waals surface area (Å²) in [5, 5.41) is 0. The Morgan fingerprint density at radius 2 is 2.06 bits per heavy atom. The minimum absolute atomic E-state index is 0.153. The summed E-state index contributed by atoms with van der Waals surface area (Å²) in [6.07, 6.45) is 4.88. The number of ether oxygens (including phenoxy) is 2. The molecule has 0 aliphatic heterocycles. The molecule has 0 saturated carbocycles. The molecule has 0 N–H and O–H groups in total. The van der Waals surface area contributed by atoms with E-state index in [4.69, 9.17) is 9.47 Å². The van der Waals surface area contributed by atoms with Crippen molar-refractivity contribution in [2.24, 2.45) is 0 Å². The lowest BCUT2D eigenvalue weighted by molar-refractivity contribution is -0.143. The summed E-state index contributed by atoms with van der Waals surface area (Å²) in [4.78, 5) is 22.0. The molecular formula is C13H20O4. The topological polar surface area (TPSA) is 52.6 Å². The van der Waals surface area contributed by atoms with Gasteiger partial charge in [-0.05, 0) is 38.2 Å². The first-order chi connectivity index (χ1) is 8.13. The van der Waals surface area contributed by atoms with Gasteiger partial charge in [0.05, 0.1) is 6.61 Å². The molecule has 4 nitrogen and oxygen atoms in total. The number of carbonyl (C=O) groups is 2. The van der Waals surface area contributed by atoms with Gasteiger partial charge in [0.1, 0.15) is 5.76 Å². The zero-order chi connectivity index (χ0) is 12.7. The summed E-state index contributed by atoms with van der Waals surface area (Å²) in [6, 6.07) is 0. The molecule has 0 spiro atoms. The lowest BCUT2D eigenvalue weighted by atomic mass is 10.1. The molecule has 0 aromatic rings. The summed E-state index contributed by atoms with van der Waals surface area (Å²) >= 11 is 0. The van der Waals surface area contributed by atoms with Crippen molar-refractivity contribution in [2.75, 3.05) is 6.61 Å². The summed E-state index contributed by atoms with van der Waals surface area (Å²) < 4.78 is 10.0. The number of allylic oxidation sites excluding steroid dienone is 2. The van der Waals surface area contributed by atoms with Gasteiger partial charge in [0.2, 0.25) is 0 Å². The molecule has 1 rings (SSSR count). The summed E-state index contributed by atoms with van der Waals surface area (Å²) in [5.74, 6) is 0.409. The van der Waals surface area contributed by atoms with Crippen LogP contribution in [0.1, 0.15) is 52.4 Å². The van der Waals surface area contributed by atoms with Crippen LogP contribution >= 0.6 is 0 Å². The van der Waals surface area contributed by atoms with Crippen molar-refractivity contribution in [3.63, 3.8) is 0 Å². The SMILES string of the molecule is CCOC(=O)CCCC1=C(OC(C)=O)CCC1. The molecule has 0 fully saturated rings. The molecule has 96 valence electrons. The highest BCUT2D eigenvalue weighted by Gasteiger charge is 2.17. The van der Waals surface area contributed by atoms with Gasteiger partial charge in [0.25, 0.3) is 0 Å². The van der Waals surface area contributed by atoms with E-state index in [-0.39, 0.29) is 11.9 Å². The second-order valence-corrected chi connectivity index (χ2v) is 4.13. The van der Waals surface area contributed by atoms with Gasteiger partial charge >= 0.3 is 11.9 Å². The Morgan fingerprint density at radius 1 is 1.29 bits per heavy atom. The number of carbonyl (C=O) groups excluding carboxylic acids is 2. The molecule has 1 aliphatic rings. The molecular weight excluding hydrogens is 220 g/mol. The van der Waals surface area contributed by atoms with Crippen LogP contribution in [-0.4, -0.2) is 18.5 Å². The highest BCUT2D eigenvalue weighted by atomic mass is 16.5. The van der Waals surface area contributed by atoms with Crippen molar-refractivity contribution in [3.05, 3.63) is 11.3 Å². The van der Waals surface area contributed by atoms with Gasteiger partial charge < -0.3 is 9.47 Å². The minimum Gasteiger partial charge on any atom is -0.466 e. The van der Waals surface area contributed by atoms with E-state index >= 15 is 0 Å². The molecule has 0 aromatic heterocycles. The van der Waals surface area contributed by atoms with E-state index in [1.165, 1.54) is 12.5 Å². The molecule has 4 heteroatoms. The first-order valence-electron chi connectivity index (χ1n) is 6.18. The molecule has 0 radical (unpaired) electrons. The highest BCUT2D eigenvalue weighted by molar-refractivity contribution is 5.69. The third kappa shape index (κ3) is 5.02. The zero-order valence-corrected chi connectivity index (χ0v) is 10.6. The molecule has 17 heavy (non-hydrogen) atoms. The lowest BCUT2D eigenvalue weighted by Crippen LogP contribution is -2.04. The Morgan fingerprint density at radius 3 is 2.71 bits per heavy atom.